The van der Waals surface area contributed by atoms with Crippen molar-refractivity contribution in [3.63, 3.8) is 0 Å². The summed E-state index contributed by atoms with van der Waals surface area (Å²) >= 11 is 0. The zero-order valence-corrected chi connectivity index (χ0v) is 23.4. The van der Waals surface area contributed by atoms with Gasteiger partial charge in [-0.25, -0.2) is 9.59 Å². The van der Waals surface area contributed by atoms with Gasteiger partial charge in [-0.2, -0.15) is 0 Å². The topological polar surface area (TPSA) is 74.3 Å². The van der Waals surface area contributed by atoms with Crippen molar-refractivity contribution in [2.24, 2.45) is 0 Å². The van der Waals surface area contributed by atoms with Crippen LogP contribution in [0.1, 0.15) is 56.6 Å². The minimum Gasteiger partial charge on any atom is -0.459 e. The molecule has 214 valence electrons. The third kappa shape index (κ3) is 5.01. The number of amides is 1. The molecule has 4 aliphatic heterocycles. The van der Waals surface area contributed by atoms with Crippen molar-refractivity contribution in [2.45, 2.75) is 75.5 Å². The van der Waals surface area contributed by atoms with Crippen molar-refractivity contribution in [2.75, 3.05) is 39.4 Å². The van der Waals surface area contributed by atoms with E-state index < -0.39 is 24.0 Å². The Kier molecular flexibility index (Phi) is 7.84. The van der Waals surface area contributed by atoms with E-state index in [0.29, 0.717) is 49.5 Å². The first-order chi connectivity index (χ1) is 19.5. The van der Waals surface area contributed by atoms with Gasteiger partial charge in [0.2, 0.25) is 11.9 Å². The van der Waals surface area contributed by atoms with E-state index in [1.54, 1.807) is 11.8 Å². The molecule has 0 radical (unpaired) electrons. The van der Waals surface area contributed by atoms with Gasteiger partial charge < -0.3 is 28.3 Å². The number of hydrogen-bond acceptors (Lipinski definition) is 6. The van der Waals surface area contributed by atoms with Gasteiger partial charge in [0, 0.05) is 51.6 Å². The van der Waals surface area contributed by atoms with Crippen molar-refractivity contribution in [1.29, 1.82) is 0 Å². The smallest absolute Gasteiger partial charge is 0.412 e. The van der Waals surface area contributed by atoms with Gasteiger partial charge in [0.05, 0.1) is 38.4 Å². The van der Waals surface area contributed by atoms with Crippen LogP contribution in [0.5, 0.6) is 0 Å². The van der Waals surface area contributed by atoms with Crippen LogP contribution in [-0.2, 0) is 29.3 Å². The average molecular weight is 550 g/mol. The van der Waals surface area contributed by atoms with E-state index in [-0.39, 0.29) is 6.10 Å². The molecular weight excluding hydrogens is 508 g/mol. The maximum Gasteiger partial charge on any atom is 0.412 e. The van der Waals surface area contributed by atoms with Crippen LogP contribution in [0.2, 0.25) is 0 Å². The lowest BCUT2D eigenvalue weighted by atomic mass is 9.85. The normalized spacial score (nSPS) is 26.4. The lowest BCUT2D eigenvalue weighted by Gasteiger charge is -2.47. The summed E-state index contributed by atoms with van der Waals surface area (Å²) < 4.78 is 25.3. The summed E-state index contributed by atoms with van der Waals surface area (Å²) in [6, 6.07) is 20.0. The number of quaternary nitrogens is 1. The molecule has 3 atom stereocenters. The van der Waals surface area contributed by atoms with E-state index in [4.69, 9.17) is 18.9 Å². The number of morpholine rings is 1. The maximum absolute atomic E-state index is 14.5. The van der Waals surface area contributed by atoms with Crippen molar-refractivity contribution in [3.8, 4) is 0 Å². The summed E-state index contributed by atoms with van der Waals surface area (Å²) in [4.78, 5) is 29.0. The average Bonchev–Trinajstić information content (AvgIpc) is 3.53. The summed E-state index contributed by atoms with van der Waals surface area (Å²) in [5.74, 6) is -0.460. The maximum atomic E-state index is 14.5. The van der Waals surface area contributed by atoms with Crippen LogP contribution in [-0.4, -0.2) is 85.3 Å². The molecule has 8 heteroatoms. The van der Waals surface area contributed by atoms with E-state index in [9.17, 15) is 9.59 Å². The second-order valence-electron chi connectivity index (χ2n) is 11.7. The van der Waals surface area contributed by atoms with E-state index in [0.717, 1.165) is 12.8 Å². The van der Waals surface area contributed by atoms with Crippen LogP contribution in [0.25, 0.3) is 0 Å². The molecule has 4 saturated heterocycles. The summed E-state index contributed by atoms with van der Waals surface area (Å²) in [5, 5.41) is 0. The fourth-order valence-electron chi connectivity index (χ4n) is 7.71. The Morgan fingerprint density at radius 3 is 2.00 bits per heavy atom. The highest BCUT2D eigenvalue weighted by Gasteiger charge is 2.57. The van der Waals surface area contributed by atoms with Crippen LogP contribution in [0.15, 0.2) is 60.7 Å². The van der Waals surface area contributed by atoms with Crippen LogP contribution >= 0.6 is 0 Å². The molecule has 0 aliphatic carbocycles. The summed E-state index contributed by atoms with van der Waals surface area (Å²) in [5.41, 5.74) is -0.312. The Bertz CT molecular complexity index is 1110. The molecule has 0 saturated carbocycles. The summed E-state index contributed by atoms with van der Waals surface area (Å²) in [6.45, 7) is 6.05. The third-order valence-electron chi connectivity index (χ3n) is 9.56. The lowest BCUT2D eigenvalue weighted by Crippen LogP contribution is -2.60. The molecule has 4 heterocycles. The van der Waals surface area contributed by atoms with Gasteiger partial charge in [-0.1, -0.05) is 60.7 Å². The number of ether oxygens (including phenoxy) is 4. The van der Waals surface area contributed by atoms with Crippen LogP contribution in [0.3, 0.4) is 0 Å². The summed E-state index contributed by atoms with van der Waals surface area (Å²) in [6.07, 6.45) is 5.17. The van der Waals surface area contributed by atoms with Gasteiger partial charge in [0.1, 0.15) is 6.10 Å². The molecule has 2 bridgehead atoms. The van der Waals surface area contributed by atoms with Crippen LogP contribution in [0, 0.1) is 0 Å². The lowest BCUT2D eigenvalue weighted by molar-refractivity contribution is -0.956. The Morgan fingerprint density at radius 2 is 1.45 bits per heavy atom. The third-order valence-corrected chi connectivity index (χ3v) is 9.56. The molecule has 8 nitrogen and oxygen atoms in total. The van der Waals surface area contributed by atoms with E-state index in [2.05, 4.69) is 0 Å². The number of benzene rings is 2. The van der Waals surface area contributed by atoms with Gasteiger partial charge >= 0.3 is 12.1 Å². The molecule has 4 aliphatic rings. The number of hydrogen-bond donors (Lipinski definition) is 0. The highest BCUT2D eigenvalue weighted by Crippen LogP contribution is 2.47. The zero-order chi connectivity index (χ0) is 27.6. The molecule has 4 fully saturated rings. The predicted molar refractivity (Wildman–Crippen MR) is 148 cm³/mol. The highest BCUT2D eigenvalue weighted by atomic mass is 16.7. The minimum atomic E-state index is -1.59. The number of esters is 1. The molecule has 2 aromatic rings. The molecule has 0 aromatic heterocycles. The first kappa shape index (κ1) is 27.2. The van der Waals surface area contributed by atoms with Gasteiger partial charge in [-0.05, 0) is 18.1 Å². The van der Waals surface area contributed by atoms with Crippen molar-refractivity contribution < 1.29 is 33.0 Å². The predicted octanol–water partition coefficient (Wildman–Crippen LogP) is 4.61. The Balaban J connectivity index is 1.28. The van der Waals surface area contributed by atoms with Gasteiger partial charge in [0.25, 0.3) is 0 Å². The van der Waals surface area contributed by atoms with Gasteiger partial charge in [0.15, 0.2) is 0 Å². The Hall–Kier alpha value is -2.94. The minimum absolute atomic E-state index is 0.157. The van der Waals surface area contributed by atoms with Crippen LogP contribution < -0.4 is 0 Å². The quantitative estimate of drug-likeness (QED) is 0.285. The zero-order valence-electron chi connectivity index (χ0n) is 23.4. The highest BCUT2D eigenvalue weighted by molar-refractivity contribution is 5.86. The van der Waals surface area contributed by atoms with Gasteiger partial charge in [-0.3, -0.25) is 0 Å². The van der Waals surface area contributed by atoms with E-state index in [1.165, 1.54) is 43.3 Å². The fourth-order valence-corrected chi connectivity index (χ4v) is 7.71. The number of carbonyl (C=O) groups excluding carboxylic acids is 2. The monoisotopic (exact) mass is 549 g/mol. The van der Waals surface area contributed by atoms with Crippen molar-refractivity contribution >= 4 is 12.1 Å². The Labute approximate surface area is 236 Å². The molecule has 1 spiro atoms. The summed E-state index contributed by atoms with van der Waals surface area (Å²) in [7, 11) is 0. The second-order valence-corrected chi connectivity index (χ2v) is 11.7. The molecule has 1 amide bonds. The van der Waals surface area contributed by atoms with Crippen molar-refractivity contribution in [1.82, 2.24) is 4.90 Å². The molecule has 0 N–H and O–H groups in total. The standard InChI is InChI=1S/C32H41N2O6/c1-24(38-31(36)33-16-20-37-21-17-33)40-32(25-10-4-2-5-11-25,26-12-6-3-7-13-26)30(35)39-29-22-27-14-15-28(23-29)34(27)18-8-9-19-34/h2-7,10-13,24,27-29H,8-9,14-23H2,1H3/q+1. The molecule has 40 heavy (non-hydrogen) atoms. The van der Waals surface area contributed by atoms with E-state index >= 15 is 0 Å². The fraction of sp³-hybridized carbons (Fsp3) is 0.562. The first-order valence-electron chi connectivity index (χ1n) is 14.9. The molecule has 3 unspecified atom stereocenters. The number of nitrogens with zero attached hydrogens (tertiary/aromatic N) is 2. The first-order valence-corrected chi connectivity index (χ1v) is 14.9. The SMILES string of the molecule is CC(OC(=O)N1CCOCC1)OC(C(=O)OC1CC2CCC(C1)[N+]21CCCC1)(c1ccccc1)c1ccccc1. The second kappa shape index (κ2) is 11.5. The van der Waals surface area contributed by atoms with Gasteiger partial charge in [-0.15, -0.1) is 0 Å². The Morgan fingerprint density at radius 1 is 0.900 bits per heavy atom. The van der Waals surface area contributed by atoms with E-state index in [1.807, 2.05) is 60.7 Å². The number of rotatable bonds is 7. The number of piperidine rings is 1. The molecular formula is C32H41N2O6+. The largest absolute Gasteiger partial charge is 0.459 e. The van der Waals surface area contributed by atoms with Crippen LogP contribution in [0.4, 0.5) is 4.79 Å². The number of carbonyl (C=O) groups is 2. The molecule has 2 aromatic carbocycles. The van der Waals surface area contributed by atoms with Crippen molar-refractivity contribution in [3.05, 3.63) is 71.8 Å². The molecule has 6 rings (SSSR count).